The molecule has 0 saturated carbocycles. The van der Waals surface area contributed by atoms with E-state index in [1.807, 2.05) is 45.0 Å². The van der Waals surface area contributed by atoms with Crippen molar-refractivity contribution in [3.8, 4) is 0 Å². The van der Waals surface area contributed by atoms with Gasteiger partial charge in [0.1, 0.15) is 0 Å². The van der Waals surface area contributed by atoms with E-state index in [9.17, 15) is 0 Å². The zero-order chi connectivity index (χ0) is 12.7. The number of halogens is 1. The summed E-state index contributed by atoms with van der Waals surface area (Å²) in [5, 5.41) is 0. The summed E-state index contributed by atoms with van der Waals surface area (Å²) in [5.41, 5.74) is 1.12. The van der Waals surface area contributed by atoms with Gasteiger partial charge in [-0.15, -0.1) is 0 Å². The quantitative estimate of drug-likeness (QED) is 0.719. The molecule has 0 fully saturated rings. The highest BCUT2D eigenvalue weighted by Crippen LogP contribution is 2.20. The lowest BCUT2D eigenvalue weighted by Gasteiger charge is -2.18. The smallest absolute Gasteiger partial charge is 0.371 e. The van der Waals surface area contributed by atoms with Gasteiger partial charge in [0.2, 0.25) is 0 Å². The molecule has 0 spiro atoms. The Morgan fingerprint density at radius 2 is 1.65 bits per heavy atom. The monoisotopic (exact) mass is 317 g/mol. The fourth-order valence-electron chi connectivity index (χ4n) is 1.29. The largest absolute Gasteiger partial charge is 0.578 e. The van der Waals surface area contributed by atoms with Crippen LogP contribution in [-0.2, 0) is 13.3 Å². The lowest BCUT2D eigenvalue weighted by molar-refractivity contribution is 0.0700. The van der Waals surface area contributed by atoms with Crippen molar-refractivity contribution in [1.82, 2.24) is 0 Å². The molecule has 17 heavy (non-hydrogen) atoms. The van der Waals surface area contributed by atoms with Crippen LogP contribution in [0.1, 0.15) is 32.4 Å². The summed E-state index contributed by atoms with van der Waals surface area (Å²) < 4.78 is 17.8. The minimum atomic E-state index is -1.61. The summed E-state index contributed by atoms with van der Waals surface area (Å²) in [6, 6.07) is 8.07. The van der Waals surface area contributed by atoms with Crippen molar-refractivity contribution in [2.24, 2.45) is 0 Å². The molecule has 0 amide bonds. The molecular formula is C12H18BrO3Si. The van der Waals surface area contributed by atoms with Crippen LogP contribution >= 0.6 is 15.9 Å². The van der Waals surface area contributed by atoms with Gasteiger partial charge in [-0.2, -0.15) is 0 Å². The Hall–Kier alpha value is -0.203. The van der Waals surface area contributed by atoms with Crippen LogP contribution in [0.4, 0.5) is 0 Å². The SMILES string of the molecule is CCO[Si](OCC)OC(C)c1ccc(Br)cc1. The molecule has 0 heterocycles. The molecule has 5 heteroatoms. The number of hydrogen-bond acceptors (Lipinski definition) is 3. The van der Waals surface area contributed by atoms with E-state index in [4.69, 9.17) is 13.3 Å². The third-order valence-electron chi connectivity index (χ3n) is 2.14. The van der Waals surface area contributed by atoms with Crippen LogP contribution in [0.25, 0.3) is 0 Å². The van der Waals surface area contributed by atoms with E-state index in [-0.39, 0.29) is 6.10 Å². The van der Waals surface area contributed by atoms with Crippen LogP contribution < -0.4 is 0 Å². The third kappa shape index (κ3) is 5.31. The van der Waals surface area contributed by atoms with Crippen molar-refractivity contribution < 1.29 is 13.3 Å². The molecule has 0 aromatic heterocycles. The van der Waals surface area contributed by atoms with E-state index in [1.165, 1.54) is 0 Å². The first kappa shape index (κ1) is 14.9. The van der Waals surface area contributed by atoms with E-state index in [0.29, 0.717) is 13.2 Å². The molecule has 1 aromatic carbocycles. The maximum absolute atomic E-state index is 5.80. The highest BCUT2D eigenvalue weighted by molar-refractivity contribution is 9.10. The second-order valence-corrected chi connectivity index (χ2v) is 5.66. The van der Waals surface area contributed by atoms with Crippen molar-refractivity contribution >= 4 is 25.5 Å². The molecule has 1 unspecified atom stereocenters. The Bertz CT molecular complexity index is 312. The Labute approximate surface area is 113 Å². The Morgan fingerprint density at radius 1 is 1.12 bits per heavy atom. The fourth-order valence-corrected chi connectivity index (χ4v) is 2.67. The lowest BCUT2D eigenvalue weighted by Crippen LogP contribution is -2.28. The molecule has 0 bridgehead atoms. The Kier molecular flexibility index (Phi) is 6.99. The maximum Gasteiger partial charge on any atom is 0.578 e. The minimum absolute atomic E-state index is 0.0184. The predicted octanol–water partition coefficient (Wildman–Crippen LogP) is 3.58. The first-order valence-corrected chi connectivity index (χ1v) is 7.73. The molecule has 1 rings (SSSR count). The van der Waals surface area contributed by atoms with E-state index >= 15 is 0 Å². The molecule has 0 N–H and O–H groups in total. The first-order valence-electron chi connectivity index (χ1n) is 5.72. The molecule has 95 valence electrons. The van der Waals surface area contributed by atoms with Crippen LogP contribution in [0.2, 0.25) is 0 Å². The summed E-state index contributed by atoms with van der Waals surface area (Å²) in [6.07, 6.45) is -0.0184. The highest BCUT2D eigenvalue weighted by atomic mass is 79.9. The van der Waals surface area contributed by atoms with Crippen LogP contribution in [0, 0.1) is 0 Å². The molecule has 1 radical (unpaired) electrons. The number of benzene rings is 1. The van der Waals surface area contributed by atoms with Gasteiger partial charge in [0.25, 0.3) is 0 Å². The highest BCUT2D eigenvalue weighted by Gasteiger charge is 2.21. The first-order chi connectivity index (χ1) is 8.17. The van der Waals surface area contributed by atoms with Gasteiger partial charge in [0.15, 0.2) is 0 Å². The average Bonchev–Trinajstić information content (AvgIpc) is 2.30. The summed E-state index contributed by atoms with van der Waals surface area (Å²) in [7, 11) is -1.61. The molecule has 0 aliphatic rings. The summed E-state index contributed by atoms with van der Waals surface area (Å²) >= 11 is 3.41. The molecule has 3 nitrogen and oxygen atoms in total. The van der Waals surface area contributed by atoms with Gasteiger partial charge in [0, 0.05) is 17.7 Å². The van der Waals surface area contributed by atoms with E-state index in [0.717, 1.165) is 10.0 Å². The number of hydrogen-bond donors (Lipinski definition) is 0. The van der Waals surface area contributed by atoms with Crippen molar-refractivity contribution in [3.63, 3.8) is 0 Å². The second-order valence-electron chi connectivity index (χ2n) is 3.43. The Morgan fingerprint density at radius 3 is 2.12 bits per heavy atom. The average molecular weight is 318 g/mol. The normalized spacial score (nSPS) is 13.0. The molecule has 1 aromatic rings. The summed E-state index contributed by atoms with van der Waals surface area (Å²) in [4.78, 5) is 0. The van der Waals surface area contributed by atoms with E-state index in [1.54, 1.807) is 0 Å². The standard InChI is InChI=1S/C12H18BrO3Si/c1-4-14-17(15-5-2)16-10(3)11-6-8-12(13)9-7-11/h6-10H,4-5H2,1-3H3. The third-order valence-corrected chi connectivity index (χ3v) is 4.26. The van der Waals surface area contributed by atoms with Gasteiger partial charge in [-0.3, -0.25) is 0 Å². The van der Waals surface area contributed by atoms with Gasteiger partial charge in [-0.25, -0.2) is 0 Å². The summed E-state index contributed by atoms with van der Waals surface area (Å²) in [5.74, 6) is 0. The van der Waals surface area contributed by atoms with E-state index in [2.05, 4.69) is 15.9 Å². The molecule has 0 saturated heterocycles. The van der Waals surface area contributed by atoms with Crippen LogP contribution in [0.5, 0.6) is 0 Å². The predicted molar refractivity (Wildman–Crippen MR) is 72.6 cm³/mol. The van der Waals surface area contributed by atoms with Crippen molar-refractivity contribution in [3.05, 3.63) is 34.3 Å². The van der Waals surface area contributed by atoms with Gasteiger partial charge >= 0.3 is 9.53 Å². The van der Waals surface area contributed by atoms with Crippen LogP contribution in [0.15, 0.2) is 28.7 Å². The Balaban J connectivity index is 2.56. The second kappa shape index (κ2) is 8.00. The molecular weight excluding hydrogens is 300 g/mol. The van der Waals surface area contributed by atoms with Crippen LogP contribution in [0.3, 0.4) is 0 Å². The number of rotatable bonds is 7. The zero-order valence-electron chi connectivity index (χ0n) is 10.4. The zero-order valence-corrected chi connectivity index (χ0v) is 13.0. The van der Waals surface area contributed by atoms with Gasteiger partial charge in [-0.05, 0) is 38.5 Å². The molecule has 0 aliphatic heterocycles. The van der Waals surface area contributed by atoms with Gasteiger partial charge in [0.05, 0.1) is 6.10 Å². The molecule has 1 atom stereocenters. The van der Waals surface area contributed by atoms with Gasteiger partial charge in [-0.1, -0.05) is 28.1 Å². The van der Waals surface area contributed by atoms with Crippen molar-refractivity contribution in [2.75, 3.05) is 13.2 Å². The molecule has 0 aliphatic carbocycles. The van der Waals surface area contributed by atoms with Crippen LogP contribution in [-0.4, -0.2) is 22.7 Å². The van der Waals surface area contributed by atoms with Crippen molar-refractivity contribution in [1.29, 1.82) is 0 Å². The topological polar surface area (TPSA) is 27.7 Å². The maximum atomic E-state index is 5.80. The van der Waals surface area contributed by atoms with Crippen molar-refractivity contribution in [2.45, 2.75) is 26.9 Å². The van der Waals surface area contributed by atoms with Gasteiger partial charge < -0.3 is 13.3 Å². The minimum Gasteiger partial charge on any atom is -0.371 e. The fraction of sp³-hybridized carbons (Fsp3) is 0.500. The lowest BCUT2D eigenvalue weighted by atomic mass is 10.1. The summed E-state index contributed by atoms with van der Waals surface area (Å²) in [6.45, 7) is 7.11. The van der Waals surface area contributed by atoms with E-state index < -0.39 is 9.53 Å².